The average molecular weight is 194 g/mol. The maximum absolute atomic E-state index is 11.5. The van der Waals surface area contributed by atoms with Gasteiger partial charge in [0.2, 0.25) is 0 Å². The third kappa shape index (κ3) is 1.52. The zero-order valence-electron chi connectivity index (χ0n) is 8.44. The Kier molecular flexibility index (Phi) is 1.87. The molecular formula is C10H14N2O2. The van der Waals surface area contributed by atoms with Gasteiger partial charge in [0.25, 0.3) is 5.56 Å². The quantitative estimate of drug-likeness (QED) is 0.634. The maximum atomic E-state index is 11.5. The lowest BCUT2D eigenvalue weighted by Crippen LogP contribution is -2.34. The van der Waals surface area contributed by atoms with Crippen LogP contribution in [0, 0.1) is 5.41 Å². The lowest BCUT2D eigenvalue weighted by atomic mass is 9.76. The Hall–Kier alpha value is -1.32. The van der Waals surface area contributed by atoms with Crippen LogP contribution < -0.4 is 11.2 Å². The van der Waals surface area contributed by atoms with Gasteiger partial charge >= 0.3 is 5.69 Å². The summed E-state index contributed by atoms with van der Waals surface area (Å²) in [4.78, 5) is 27.5. The molecule has 0 bridgehead atoms. The SMILES string of the molecule is CC1(C)CCc2[nH]c(=O)[nH]c(=O)c2C1. The highest BCUT2D eigenvalue weighted by molar-refractivity contribution is 5.21. The molecule has 0 fully saturated rings. The smallest absolute Gasteiger partial charge is 0.311 e. The highest BCUT2D eigenvalue weighted by Gasteiger charge is 2.27. The third-order valence-electron chi connectivity index (χ3n) is 2.84. The molecule has 2 N–H and O–H groups in total. The normalized spacial score (nSPS) is 19.0. The van der Waals surface area contributed by atoms with Crippen LogP contribution in [0.25, 0.3) is 0 Å². The number of fused-ring (bicyclic) bond motifs is 1. The van der Waals surface area contributed by atoms with Crippen LogP contribution in [0.5, 0.6) is 0 Å². The van der Waals surface area contributed by atoms with E-state index < -0.39 is 5.69 Å². The van der Waals surface area contributed by atoms with Crippen LogP contribution in [-0.4, -0.2) is 9.97 Å². The van der Waals surface area contributed by atoms with Crippen molar-refractivity contribution in [3.63, 3.8) is 0 Å². The predicted octanol–water partition coefficient (Wildman–Crippen LogP) is 0.578. The average Bonchev–Trinajstić information content (AvgIpc) is 2.06. The van der Waals surface area contributed by atoms with Crippen LogP contribution in [0.2, 0.25) is 0 Å². The lowest BCUT2D eigenvalue weighted by molar-refractivity contribution is 0.309. The molecule has 0 spiro atoms. The van der Waals surface area contributed by atoms with Crippen molar-refractivity contribution >= 4 is 0 Å². The predicted molar refractivity (Wildman–Crippen MR) is 53.5 cm³/mol. The van der Waals surface area contributed by atoms with Crippen molar-refractivity contribution in [1.82, 2.24) is 9.97 Å². The summed E-state index contributed by atoms with van der Waals surface area (Å²) in [5, 5.41) is 0. The first-order valence-corrected chi connectivity index (χ1v) is 4.82. The molecule has 14 heavy (non-hydrogen) atoms. The molecule has 1 aromatic rings. The van der Waals surface area contributed by atoms with Crippen LogP contribution in [0.3, 0.4) is 0 Å². The number of hydrogen-bond donors (Lipinski definition) is 2. The summed E-state index contributed by atoms with van der Waals surface area (Å²) in [6.07, 6.45) is 2.55. The summed E-state index contributed by atoms with van der Waals surface area (Å²) in [5.41, 5.74) is 1.11. The van der Waals surface area contributed by atoms with E-state index in [1.807, 2.05) is 0 Å². The number of rotatable bonds is 0. The minimum absolute atomic E-state index is 0.165. The zero-order chi connectivity index (χ0) is 10.3. The Labute approximate surface area is 81.4 Å². The van der Waals surface area contributed by atoms with Gasteiger partial charge in [-0.25, -0.2) is 4.79 Å². The molecule has 1 aromatic heterocycles. The second kappa shape index (κ2) is 2.83. The zero-order valence-corrected chi connectivity index (χ0v) is 8.44. The molecule has 1 heterocycles. The van der Waals surface area contributed by atoms with Crippen LogP contribution in [0.15, 0.2) is 9.59 Å². The molecule has 0 radical (unpaired) electrons. The number of aromatic amines is 2. The largest absolute Gasteiger partial charge is 0.325 e. The fourth-order valence-corrected chi connectivity index (χ4v) is 1.99. The van der Waals surface area contributed by atoms with Gasteiger partial charge in [-0.1, -0.05) is 13.8 Å². The fraction of sp³-hybridized carbons (Fsp3) is 0.600. The fourth-order valence-electron chi connectivity index (χ4n) is 1.99. The maximum Gasteiger partial charge on any atom is 0.325 e. The summed E-state index contributed by atoms with van der Waals surface area (Å²) in [6.45, 7) is 4.28. The van der Waals surface area contributed by atoms with E-state index in [0.717, 1.165) is 30.5 Å². The van der Waals surface area contributed by atoms with Crippen molar-refractivity contribution in [2.24, 2.45) is 5.41 Å². The van der Waals surface area contributed by atoms with Gasteiger partial charge in [0.15, 0.2) is 0 Å². The molecule has 0 amide bonds. The number of aromatic nitrogens is 2. The first kappa shape index (κ1) is 9.24. The summed E-state index contributed by atoms with van der Waals surface area (Å²) >= 11 is 0. The molecule has 0 saturated carbocycles. The second-order valence-corrected chi connectivity index (χ2v) is 4.71. The number of hydrogen-bond acceptors (Lipinski definition) is 2. The van der Waals surface area contributed by atoms with Gasteiger partial charge in [-0.3, -0.25) is 9.78 Å². The summed E-state index contributed by atoms with van der Waals surface area (Å²) in [5.74, 6) is 0. The first-order valence-electron chi connectivity index (χ1n) is 4.82. The summed E-state index contributed by atoms with van der Waals surface area (Å²) in [6, 6.07) is 0. The Bertz CT molecular complexity index is 468. The molecule has 1 aliphatic rings. The molecule has 0 saturated heterocycles. The molecular weight excluding hydrogens is 180 g/mol. The molecule has 4 nitrogen and oxygen atoms in total. The monoisotopic (exact) mass is 194 g/mol. The minimum atomic E-state index is -0.395. The van der Waals surface area contributed by atoms with E-state index in [0.29, 0.717) is 0 Å². The first-order chi connectivity index (χ1) is 6.48. The van der Waals surface area contributed by atoms with E-state index in [1.165, 1.54) is 0 Å². The summed E-state index contributed by atoms with van der Waals surface area (Å²) < 4.78 is 0. The van der Waals surface area contributed by atoms with Crippen molar-refractivity contribution in [3.05, 3.63) is 32.1 Å². The van der Waals surface area contributed by atoms with Crippen molar-refractivity contribution in [2.45, 2.75) is 33.1 Å². The number of aryl methyl sites for hydroxylation is 1. The molecule has 0 aromatic carbocycles. The van der Waals surface area contributed by atoms with E-state index in [4.69, 9.17) is 0 Å². The minimum Gasteiger partial charge on any atom is -0.311 e. The van der Waals surface area contributed by atoms with Gasteiger partial charge in [0.05, 0.1) is 0 Å². The molecule has 2 rings (SSSR count). The standard InChI is InChI=1S/C10H14N2O2/c1-10(2)4-3-7-6(5-10)8(13)12-9(14)11-7/h3-5H2,1-2H3,(H2,11,12,13,14). The molecule has 0 atom stereocenters. The Morgan fingerprint density at radius 1 is 1.21 bits per heavy atom. The van der Waals surface area contributed by atoms with Crippen molar-refractivity contribution in [2.75, 3.05) is 0 Å². The lowest BCUT2D eigenvalue weighted by Gasteiger charge is -2.29. The summed E-state index contributed by atoms with van der Waals surface area (Å²) in [7, 11) is 0. The number of H-pyrrole nitrogens is 2. The van der Waals surface area contributed by atoms with Gasteiger partial charge in [-0.2, -0.15) is 0 Å². The Morgan fingerprint density at radius 3 is 2.64 bits per heavy atom. The van der Waals surface area contributed by atoms with E-state index in [-0.39, 0.29) is 11.0 Å². The number of nitrogens with one attached hydrogen (secondary N) is 2. The van der Waals surface area contributed by atoms with Crippen molar-refractivity contribution < 1.29 is 0 Å². The Morgan fingerprint density at radius 2 is 1.93 bits per heavy atom. The molecule has 76 valence electrons. The highest BCUT2D eigenvalue weighted by Crippen LogP contribution is 2.31. The van der Waals surface area contributed by atoms with Crippen LogP contribution in [0.1, 0.15) is 31.5 Å². The third-order valence-corrected chi connectivity index (χ3v) is 2.84. The van der Waals surface area contributed by atoms with E-state index in [9.17, 15) is 9.59 Å². The van der Waals surface area contributed by atoms with Gasteiger partial charge in [0.1, 0.15) is 0 Å². The topological polar surface area (TPSA) is 65.7 Å². The molecule has 1 aliphatic carbocycles. The highest BCUT2D eigenvalue weighted by atomic mass is 16.2. The van der Waals surface area contributed by atoms with E-state index in [1.54, 1.807) is 0 Å². The Balaban J connectivity index is 2.58. The van der Waals surface area contributed by atoms with Gasteiger partial charge in [-0.15, -0.1) is 0 Å². The van der Waals surface area contributed by atoms with Crippen LogP contribution in [0.4, 0.5) is 0 Å². The van der Waals surface area contributed by atoms with Crippen LogP contribution in [-0.2, 0) is 12.8 Å². The van der Waals surface area contributed by atoms with Gasteiger partial charge < -0.3 is 4.98 Å². The van der Waals surface area contributed by atoms with Gasteiger partial charge in [-0.05, 0) is 24.7 Å². The molecule has 0 unspecified atom stereocenters. The van der Waals surface area contributed by atoms with Gasteiger partial charge in [0, 0.05) is 11.3 Å². The second-order valence-electron chi connectivity index (χ2n) is 4.71. The van der Waals surface area contributed by atoms with E-state index >= 15 is 0 Å². The van der Waals surface area contributed by atoms with Crippen LogP contribution >= 0.6 is 0 Å². The van der Waals surface area contributed by atoms with Crippen molar-refractivity contribution in [3.8, 4) is 0 Å². The van der Waals surface area contributed by atoms with Crippen molar-refractivity contribution in [1.29, 1.82) is 0 Å². The molecule has 0 aliphatic heterocycles. The van der Waals surface area contributed by atoms with E-state index in [2.05, 4.69) is 23.8 Å². The molecule has 4 heteroatoms.